The van der Waals surface area contributed by atoms with Gasteiger partial charge < -0.3 is 4.90 Å². The smallest absolute Gasteiger partial charge is 0.263 e. The van der Waals surface area contributed by atoms with Gasteiger partial charge in [-0.25, -0.2) is 4.98 Å². The van der Waals surface area contributed by atoms with Crippen molar-refractivity contribution >= 4 is 33.1 Å². The van der Waals surface area contributed by atoms with E-state index in [0.717, 1.165) is 60.5 Å². The number of para-hydroxylation sites is 1. The molecule has 1 aromatic carbocycles. The summed E-state index contributed by atoms with van der Waals surface area (Å²) in [5, 5.41) is 0.766. The fourth-order valence-corrected chi connectivity index (χ4v) is 7.13. The highest BCUT2D eigenvalue weighted by atomic mass is 32.1. The van der Waals surface area contributed by atoms with E-state index in [1.54, 1.807) is 15.9 Å². The van der Waals surface area contributed by atoms with E-state index in [1.807, 2.05) is 23.1 Å². The maximum Gasteiger partial charge on any atom is 0.263 e. The average Bonchev–Trinajstić information content (AvgIpc) is 3.52. The van der Waals surface area contributed by atoms with E-state index in [1.165, 1.54) is 35.3 Å². The van der Waals surface area contributed by atoms with E-state index in [0.29, 0.717) is 6.54 Å². The van der Waals surface area contributed by atoms with Crippen molar-refractivity contribution in [2.75, 3.05) is 18.0 Å². The zero-order valence-corrected chi connectivity index (χ0v) is 20.0. The molecule has 2 aromatic heterocycles. The van der Waals surface area contributed by atoms with E-state index < -0.39 is 0 Å². The molecule has 0 saturated carbocycles. The summed E-state index contributed by atoms with van der Waals surface area (Å²) in [4.78, 5) is 38.9. The largest absolute Gasteiger partial charge is 0.307 e. The van der Waals surface area contributed by atoms with Gasteiger partial charge in [-0.05, 0) is 82.2 Å². The minimum Gasteiger partial charge on any atom is -0.307 e. The highest BCUT2D eigenvalue weighted by Crippen LogP contribution is 2.35. The van der Waals surface area contributed by atoms with Crippen molar-refractivity contribution in [3.05, 3.63) is 56.4 Å². The number of benzene rings is 1. The number of rotatable bonds is 4. The highest BCUT2D eigenvalue weighted by molar-refractivity contribution is 7.18. The van der Waals surface area contributed by atoms with Crippen LogP contribution in [-0.2, 0) is 37.1 Å². The van der Waals surface area contributed by atoms with Crippen molar-refractivity contribution in [1.29, 1.82) is 0 Å². The standard InChI is InChI=1S/C26H30N4O2S/c1-17-14-18-8-2-4-10-20(18)30(17)23(31)16-29-22(15-28-12-6-7-13-28)27-25-24(26(29)32)19-9-3-5-11-21(19)33-25/h2,4,8,10,17H,3,5-7,9,11-16H2,1H3. The fraction of sp³-hybridized carbons (Fsp3) is 0.500. The van der Waals surface area contributed by atoms with Gasteiger partial charge in [-0.3, -0.25) is 19.1 Å². The summed E-state index contributed by atoms with van der Waals surface area (Å²) in [6, 6.07) is 8.21. The van der Waals surface area contributed by atoms with Crippen LogP contribution in [0, 0.1) is 0 Å². The number of aromatic nitrogens is 2. The fourth-order valence-electron chi connectivity index (χ4n) is 5.86. The molecule has 0 bridgehead atoms. The van der Waals surface area contributed by atoms with Gasteiger partial charge >= 0.3 is 0 Å². The Morgan fingerprint density at radius 3 is 2.76 bits per heavy atom. The lowest BCUT2D eigenvalue weighted by Crippen LogP contribution is -2.41. The zero-order valence-electron chi connectivity index (χ0n) is 19.2. The molecule has 1 atom stereocenters. The van der Waals surface area contributed by atoms with Crippen molar-refractivity contribution in [3.8, 4) is 0 Å². The van der Waals surface area contributed by atoms with Crippen LogP contribution in [0.25, 0.3) is 10.2 Å². The SMILES string of the molecule is CC1Cc2ccccc2N1C(=O)Cn1c(CN2CCCC2)nc2sc3c(c2c1=O)CCCC3. The molecular formula is C26H30N4O2S. The van der Waals surface area contributed by atoms with Gasteiger partial charge in [0.25, 0.3) is 5.56 Å². The van der Waals surface area contributed by atoms with Crippen LogP contribution >= 0.6 is 11.3 Å². The predicted octanol–water partition coefficient (Wildman–Crippen LogP) is 3.91. The quantitative estimate of drug-likeness (QED) is 0.590. The van der Waals surface area contributed by atoms with Crippen LogP contribution in [-0.4, -0.2) is 39.5 Å². The summed E-state index contributed by atoms with van der Waals surface area (Å²) in [6.45, 7) is 4.82. The Labute approximate surface area is 197 Å². The van der Waals surface area contributed by atoms with E-state index in [2.05, 4.69) is 17.9 Å². The second-order valence-electron chi connectivity index (χ2n) is 9.74. The molecule has 33 heavy (non-hydrogen) atoms. The van der Waals surface area contributed by atoms with Gasteiger partial charge in [-0.15, -0.1) is 11.3 Å². The number of anilines is 1. The van der Waals surface area contributed by atoms with Gasteiger partial charge in [0, 0.05) is 16.6 Å². The van der Waals surface area contributed by atoms with E-state index in [4.69, 9.17) is 4.98 Å². The molecule has 1 unspecified atom stereocenters. The number of hydrogen-bond acceptors (Lipinski definition) is 5. The number of aryl methyl sites for hydroxylation is 2. The van der Waals surface area contributed by atoms with Crippen LogP contribution in [0.3, 0.4) is 0 Å². The molecule has 0 N–H and O–H groups in total. The Bertz CT molecular complexity index is 1290. The molecule has 7 heteroatoms. The van der Waals surface area contributed by atoms with Crippen molar-refractivity contribution in [2.45, 2.75) is 71.0 Å². The van der Waals surface area contributed by atoms with E-state index in [-0.39, 0.29) is 24.1 Å². The number of carbonyl (C=O) groups is 1. The number of fused-ring (bicyclic) bond motifs is 4. The van der Waals surface area contributed by atoms with Gasteiger partial charge in [-0.1, -0.05) is 18.2 Å². The lowest BCUT2D eigenvalue weighted by Gasteiger charge is -2.24. The molecule has 0 spiro atoms. The predicted molar refractivity (Wildman–Crippen MR) is 132 cm³/mol. The van der Waals surface area contributed by atoms with Crippen molar-refractivity contribution in [1.82, 2.24) is 14.5 Å². The molecule has 4 heterocycles. The number of amides is 1. The summed E-state index contributed by atoms with van der Waals surface area (Å²) in [5.74, 6) is 0.712. The molecule has 3 aliphatic rings. The van der Waals surface area contributed by atoms with E-state index in [9.17, 15) is 9.59 Å². The molecule has 1 fully saturated rings. The first-order chi connectivity index (χ1) is 16.1. The van der Waals surface area contributed by atoms with Crippen LogP contribution in [0.2, 0.25) is 0 Å². The third-order valence-corrected chi connectivity index (χ3v) is 8.67. The average molecular weight is 463 g/mol. The first kappa shape index (κ1) is 21.1. The Morgan fingerprint density at radius 1 is 1.12 bits per heavy atom. The molecule has 1 aliphatic carbocycles. The summed E-state index contributed by atoms with van der Waals surface area (Å²) < 4.78 is 1.69. The van der Waals surface area contributed by atoms with E-state index >= 15 is 0 Å². The zero-order chi connectivity index (χ0) is 22.5. The van der Waals surface area contributed by atoms with Crippen LogP contribution in [0.4, 0.5) is 5.69 Å². The second-order valence-corrected chi connectivity index (χ2v) is 10.8. The molecule has 6 rings (SSSR count). The Kier molecular flexibility index (Phi) is 5.34. The Morgan fingerprint density at radius 2 is 1.91 bits per heavy atom. The molecular weight excluding hydrogens is 432 g/mol. The molecule has 3 aromatic rings. The first-order valence-electron chi connectivity index (χ1n) is 12.3. The van der Waals surface area contributed by atoms with Crippen LogP contribution in [0.15, 0.2) is 29.1 Å². The number of nitrogens with zero attached hydrogens (tertiary/aromatic N) is 4. The molecule has 1 saturated heterocycles. The normalized spacial score (nSPS) is 20.4. The minimum atomic E-state index is -0.0258. The summed E-state index contributed by atoms with van der Waals surface area (Å²) >= 11 is 1.69. The van der Waals surface area contributed by atoms with Crippen LogP contribution in [0.5, 0.6) is 0 Å². The molecule has 0 radical (unpaired) electrons. The maximum atomic E-state index is 13.9. The van der Waals surface area contributed by atoms with Gasteiger partial charge in [0.2, 0.25) is 5.91 Å². The lowest BCUT2D eigenvalue weighted by atomic mass is 9.97. The van der Waals surface area contributed by atoms with Crippen LogP contribution in [0.1, 0.15) is 54.4 Å². The number of carbonyl (C=O) groups excluding carboxylic acids is 1. The van der Waals surface area contributed by atoms with Gasteiger partial charge in [0.1, 0.15) is 17.2 Å². The number of thiophene rings is 1. The monoisotopic (exact) mass is 462 g/mol. The minimum absolute atomic E-state index is 0.0255. The molecule has 2 aliphatic heterocycles. The third kappa shape index (κ3) is 3.62. The number of hydrogen-bond donors (Lipinski definition) is 0. The van der Waals surface area contributed by atoms with Crippen LogP contribution < -0.4 is 10.5 Å². The lowest BCUT2D eigenvalue weighted by molar-refractivity contribution is -0.119. The summed E-state index contributed by atoms with van der Waals surface area (Å²) in [7, 11) is 0. The third-order valence-electron chi connectivity index (χ3n) is 7.49. The van der Waals surface area contributed by atoms with Crippen molar-refractivity contribution < 1.29 is 4.79 Å². The maximum absolute atomic E-state index is 13.9. The van der Waals surface area contributed by atoms with Gasteiger partial charge in [0.05, 0.1) is 11.9 Å². The first-order valence-corrected chi connectivity index (χ1v) is 13.1. The topological polar surface area (TPSA) is 58.4 Å². The van der Waals surface area contributed by atoms with Gasteiger partial charge in [-0.2, -0.15) is 0 Å². The van der Waals surface area contributed by atoms with Gasteiger partial charge in [0.15, 0.2) is 0 Å². The van der Waals surface area contributed by atoms with Crippen molar-refractivity contribution in [2.24, 2.45) is 0 Å². The second kappa shape index (κ2) is 8.37. The summed E-state index contributed by atoms with van der Waals surface area (Å²) in [6.07, 6.45) is 7.50. The molecule has 6 nitrogen and oxygen atoms in total. The van der Waals surface area contributed by atoms with Crippen molar-refractivity contribution in [3.63, 3.8) is 0 Å². The highest BCUT2D eigenvalue weighted by Gasteiger charge is 2.32. The summed E-state index contributed by atoms with van der Waals surface area (Å²) in [5.41, 5.74) is 3.34. The number of likely N-dealkylation sites (tertiary alicyclic amines) is 1. The Balaban J connectivity index is 1.42. The molecule has 1 amide bonds. The Hall–Kier alpha value is -2.51. The molecule has 172 valence electrons.